The number of halogens is 3. The molecule has 0 aliphatic carbocycles. The van der Waals surface area contributed by atoms with Gasteiger partial charge in [-0.3, -0.25) is 4.98 Å². The largest absolute Gasteiger partial charge is 0.573 e. The maximum Gasteiger partial charge on any atom is 0.573 e. The molecule has 0 aliphatic rings. The lowest BCUT2D eigenvalue weighted by Gasteiger charge is -2.11. The Kier molecular flexibility index (Phi) is 5.62. The number of anilines is 2. The third-order valence-corrected chi connectivity index (χ3v) is 6.11. The van der Waals surface area contributed by atoms with Gasteiger partial charge in [-0.15, -0.1) is 24.5 Å². The maximum atomic E-state index is 12.4. The monoisotopic (exact) mass is 478 g/mol. The average Bonchev–Trinajstić information content (AvgIpc) is 3.24. The van der Waals surface area contributed by atoms with Gasteiger partial charge in [0, 0.05) is 44.9 Å². The highest BCUT2D eigenvalue weighted by atomic mass is 32.1. The SMILES string of the molecule is Cc1nc(Nc2ccc(OC(F)(F)F)cc2)cc(-c2cncc(-c3cc4ccccc4s3)c2)n1. The molecular weight excluding hydrogens is 461 g/mol. The number of nitrogens with one attached hydrogen (secondary N) is 1. The van der Waals surface area contributed by atoms with Gasteiger partial charge in [-0.1, -0.05) is 18.2 Å². The van der Waals surface area contributed by atoms with E-state index >= 15 is 0 Å². The Labute approximate surface area is 196 Å². The average molecular weight is 478 g/mol. The summed E-state index contributed by atoms with van der Waals surface area (Å²) in [5.41, 5.74) is 3.07. The van der Waals surface area contributed by atoms with Gasteiger partial charge in [0.15, 0.2) is 0 Å². The predicted octanol–water partition coefficient (Wildman–Crippen LogP) is 7.37. The minimum Gasteiger partial charge on any atom is -0.406 e. The minimum atomic E-state index is -4.73. The van der Waals surface area contributed by atoms with Crippen molar-refractivity contribution in [2.45, 2.75) is 13.3 Å². The van der Waals surface area contributed by atoms with Gasteiger partial charge in [-0.25, -0.2) is 9.97 Å². The number of hydrogen-bond acceptors (Lipinski definition) is 6. The molecule has 3 heterocycles. The van der Waals surface area contributed by atoms with Crippen molar-refractivity contribution in [3.8, 4) is 27.4 Å². The van der Waals surface area contributed by atoms with Crippen molar-refractivity contribution in [1.29, 1.82) is 0 Å². The first-order chi connectivity index (χ1) is 16.3. The summed E-state index contributed by atoms with van der Waals surface area (Å²) in [4.78, 5) is 14.5. The summed E-state index contributed by atoms with van der Waals surface area (Å²) in [6.07, 6.45) is -1.16. The highest BCUT2D eigenvalue weighted by Gasteiger charge is 2.30. The Balaban J connectivity index is 1.41. The molecule has 5 rings (SSSR count). The van der Waals surface area contributed by atoms with Crippen LogP contribution < -0.4 is 10.1 Å². The molecule has 3 aromatic heterocycles. The molecule has 5 nitrogen and oxygen atoms in total. The predicted molar refractivity (Wildman–Crippen MR) is 127 cm³/mol. The van der Waals surface area contributed by atoms with Gasteiger partial charge in [0.1, 0.15) is 17.4 Å². The summed E-state index contributed by atoms with van der Waals surface area (Å²) in [7, 11) is 0. The van der Waals surface area contributed by atoms with Crippen molar-refractivity contribution < 1.29 is 17.9 Å². The lowest BCUT2D eigenvalue weighted by atomic mass is 10.1. The summed E-state index contributed by atoms with van der Waals surface area (Å²) in [6, 6.07) is 19.6. The Bertz CT molecular complexity index is 1430. The van der Waals surface area contributed by atoms with Crippen LogP contribution in [0.1, 0.15) is 5.82 Å². The number of alkyl halides is 3. The van der Waals surface area contributed by atoms with Crippen molar-refractivity contribution >= 4 is 32.9 Å². The summed E-state index contributed by atoms with van der Waals surface area (Å²) in [5, 5.41) is 4.29. The first-order valence-electron chi connectivity index (χ1n) is 10.3. The minimum absolute atomic E-state index is 0.290. The number of aryl methyl sites for hydroxylation is 1. The molecule has 1 N–H and O–H groups in total. The molecule has 0 bridgehead atoms. The van der Waals surface area contributed by atoms with Crippen molar-refractivity contribution in [2.75, 3.05) is 5.32 Å². The molecule has 9 heteroatoms. The lowest BCUT2D eigenvalue weighted by Crippen LogP contribution is -2.16. The Morgan fingerprint density at radius 2 is 1.65 bits per heavy atom. The summed E-state index contributed by atoms with van der Waals surface area (Å²) in [6.45, 7) is 1.78. The molecule has 0 amide bonds. The standard InChI is InChI=1S/C25H17F3N4OS/c1-15-30-21(12-24(31-15)32-19-6-8-20(9-7-19)33-25(26,27)28)17-10-18(14-29-13-17)23-11-16-4-2-3-5-22(16)34-23/h2-14H,1H3,(H,30,31,32). The number of ether oxygens (including phenoxy) is 1. The molecule has 170 valence electrons. The van der Waals surface area contributed by atoms with Crippen LogP contribution in [-0.2, 0) is 0 Å². The highest BCUT2D eigenvalue weighted by Crippen LogP contribution is 2.35. The van der Waals surface area contributed by atoms with Gasteiger partial charge in [0.2, 0.25) is 0 Å². The number of hydrogen-bond donors (Lipinski definition) is 1. The number of pyridine rings is 1. The second-order valence-corrected chi connectivity index (χ2v) is 8.58. The molecule has 0 radical (unpaired) electrons. The Hall–Kier alpha value is -3.98. The summed E-state index contributed by atoms with van der Waals surface area (Å²) >= 11 is 1.70. The smallest absolute Gasteiger partial charge is 0.406 e. The van der Waals surface area contributed by atoms with E-state index in [0.29, 0.717) is 23.0 Å². The van der Waals surface area contributed by atoms with E-state index in [0.717, 1.165) is 16.0 Å². The molecule has 34 heavy (non-hydrogen) atoms. The van der Waals surface area contributed by atoms with Gasteiger partial charge in [-0.2, -0.15) is 0 Å². The molecule has 0 atom stereocenters. The van der Waals surface area contributed by atoms with Gasteiger partial charge in [0.25, 0.3) is 0 Å². The molecule has 0 spiro atoms. The van der Waals surface area contributed by atoms with E-state index in [-0.39, 0.29) is 5.75 Å². The molecule has 0 fully saturated rings. The molecule has 5 aromatic rings. The zero-order valence-electron chi connectivity index (χ0n) is 17.8. The number of aromatic nitrogens is 3. The van der Waals surface area contributed by atoms with Gasteiger partial charge in [0.05, 0.1) is 5.69 Å². The number of nitrogens with zero attached hydrogens (tertiary/aromatic N) is 3. The van der Waals surface area contributed by atoms with E-state index in [1.807, 2.05) is 24.4 Å². The Morgan fingerprint density at radius 3 is 2.41 bits per heavy atom. The van der Waals surface area contributed by atoms with Crippen LogP contribution >= 0.6 is 11.3 Å². The number of thiophene rings is 1. The Morgan fingerprint density at radius 1 is 0.882 bits per heavy atom. The molecule has 0 saturated heterocycles. The van der Waals surface area contributed by atoms with Crippen molar-refractivity contribution in [3.05, 3.63) is 84.9 Å². The third-order valence-electron chi connectivity index (χ3n) is 4.94. The van der Waals surface area contributed by atoms with Gasteiger partial charge in [-0.05, 0) is 54.8 Å². The quantitative estimate of drug-likeness (QED) is 0.286. The van der Waals surface area contributed by atoms with E-state index in [1.54, 1.807) is 30.5 Å². The van der Waals surface area contributed by atoms with Gasteiger partial charge < -0.3 is 10.1 Å². The topological polar surface area (TPSA) is 59.9 Å². The van der Waals surface area contributed by atoms with Crippen LogP contribution in [0.25, 0.3) is 31.8 Å². The summed E-state index contributed by atoms with van der Waals surface area (Å²) < 4.78 is 42.2. The van der Waals surface area contributed by atoms with E-state index < -0.39 is 6.36 Å². The number of fused-ring (bicyclic) bond motifs is 1. The van der Waals surface area contributed by atoms with Crippen LogP contribution in [-0.4, -0.2) is 21.3 Å². The van der Waals surface area contributed by atoms with Crippen LogP contribution in [0, 0.1) is 6.92 Å². The maximum absolute atomic E-state index is 12.4. The van der Waals surface area contributed by atoms with Crippen LogP contribution in [0.3, 0.4) is 0 Å². The summed E-state index contributed by atoms with van der Waals surface area (Å²) in [5.74, 6) is 0.769. The number of benzene rings is 2. The van der Waals surface area contributed by atoms with E-state index in [1.165, 1.54) is 34.4 Å². The van der Waals surface area contributed by atoms with Crippen LogP contribution in [0.5, 0.6) is 5.75 Å². The zero-order valence-corrected chi connectivity index (χ0v) is 18.6. The molecule has 0 saturated carbocycles. The fourth-order valence-electron chi connectivity index (χ4n) is 3.51. The van der Waals surface area contributed by atoms with Crippen LogP contribution in [0.15, 0.2) is 79.1 Å². The molecule has 2 aromatic carbocycles. The third kappa shape index (κ3) is 4.99. The molecule has 0 unspecified atom stereocenters. The van der Waals surface area contributed by atoms with Crippen LogP contribution in [0.4, 0.5) is 24.7 Å². The number of rotatable bonds is 5. The van der Waals surface area contributed by atoms with E-state index in [2.05, 4.69) is 43.2 Å². The van der Waals surface area contributed by atoms with Gasteiger partial charge >= 0.3 is 6.36 Å². The van der Waals surface area contributed by atoms with Crippen molar-refractivity contribution in [3.63, 3.8) is 0 Å². The second-order valence-electron chi connectivity index (χ2n) is 7.49. The fraction of sp³-hybridized carbons (Fsp3) is 0.0800. The normalized spacial score (nSPS) is 11.5. The van der Waals surface area contributed by atoms with Crippen LogP contribution in [0.2, 0.25) is 0 Å². The lowest BCUT2D eigenvalue weighted by molar-refractivity contribution is -0.274. The zero-order chi connectivity index (χ0) is 23.7. The van der Waals surface area contributed by atoms with Crippen molar-refractivity contribution in [1.82, 2.24) is 15.0 Å². The van der Waals surface area contributed by atoms with E-state index in [4.69, 9.17) is 0 Å². The first kappa shape index (κ1) is 21.8. The fourth-order valence-corrected chi connectivity index (χ4v) is 4.55. The van der Waals surface area contributed by atoms with E-state index in [9.17, 15) is 13.2 Å². The first-order valence-corrected chi connectivity index (χ1v) is 11.1. The highest BCUT2D eigenvalue weighted by molar-refractivity contribution is 7.22. The molecular formula is C25H17F3N4OS. The van der Waals surface area contributed by atoms with Crippen molar-refractivity contribution in [2.24, 2.45) is 0 Å². The molecule has 0 aliphatic heterocycles. The second kappa shape index (κ2) is 8.75.